The summed E-state index contributed by atoms with van der Waals surface area (Å²) >= 11 is 0. The molecule has 1 unspecified atom stereocenters. The van der Waals surface area contributed by atoms with Gasteiger partial charge in [-0.3, -0.25) is 9.98 Å². The van der Waals surface area contributed by atoms with Gasteiger partial charge >= 0.3 is 0 Å². The predicted octanol–water partition coefficient (Wildman–Crippen LogP) is 4.40. The summed E-state index contributed by atoms with van der Waals surface area (Å²) in [6.07, 6.45) is 1.81. The van der Waals surface area contributed by atoms with Crippen LogP contribution in [0.1, 0.15) is 22.3 Å². The van der Waals surface area contributed by atoms with Gasteiger partial charge in [0.25, 0.3) is 0 Å². The van der Waals surface area contributed by atoms with Crippen molar-refractivity contribution < 1.29 is 0 Å². The Labute approximate surface area is 169 Å². The molecular weight excluding hydrogens is 356 g/mol. The minimum Gasteiger partial charge on any atom is -0.355 e. The first kappa shape index (κ1) is 17.2. The van der Waals surface area contributed by atoms with Gasteiger partial charge in [0, 0.05) is 17.1 Å². The summed E-state index contributed by atoms with van der Waals surface area (Å²) in [6.45, 7) is 0.578. The van der Waals surface area contributed by atoms with Gasteiger partial charge in [-0.1, -0.05) is 54.6 Å². The molecule has 0 radical (unpaired) electrons. The third-order valence-electron chi connectivity index (χ3n) is 5.43. The van der Waals surface area contributed by atoms with Crippen LogP contribution in [0.5, 0.6) is 0 Å². The minimum atomic E-state index is -0.469. The van der Waals surface area contributed by atoms with E-state index in [4.69, 9.17) is 4.99 Å². The van der Waals surface area contributed by atoms with Gasteiger partial charge in [0.05, 0.1) is 23.7 Å². The molecule has 1 aliphatic heterocycles. The van der Waals surface area contributed by atoms with Crippen molar-refractivity contribution in [1.82, 2.24) is 10.3 Å². The zero-order valence-electron chi connectivity index (χ0n) is 15.7. The first-order valence-corrected chi connectivity index (χ1v) is 9.52. The molecule has 4 nitrogen and oxygen atoms in total. The maximum atomic E-state index is 9.25. The summed E-state index contributed by atoms with van der Waals surface area (Å²) in [6, 6.07) is 30.6. The molecule has 1 N–H and O–H groups in total. The largest absolute Gasteiger partial charge is 0.355 e. The number of hydrogen-bond acceptors (Lipinski definition) is 4. The Morgan fingerprint density at radius 3 is 2.62 bits per heavy atom. The summed E-state index contributed by atoms with van der Waals surface area (Å²) in [5, 5.41) is 14.0. The van der Waals surface area contributed by atoms with Gasteiger partial charge in [-0.2, -0.15) is 5.26 Å². The third kappa shape index (κ3) is 2.94. The van der Waals surface area contributed by atoms with Gasteiger partial charge in [-0.15, -0.1) is 0 Å². The average molecular weight is 374 g/mol. The Kier molecular flexibility index (Phi) is 4.07. The molecule has 0 bridgehead atoms. The highest BCUT2D eigenvalue weighted by Gasteiger charge is 2.39. The molecule has 0 saturated carbocycles. The molecule has 0 saturated heterocycles. The molecule has 0 spiro atoms. The number of aromatic nitrogens is 1. The maximum absolute atomic E-state index is 9.25. The normalized spacial score (nSPS) is 18.1. The highest BCUT2D eigenvalue weighted by Crippen LogP contribution is 2.35. The number of aliphatic imine (C=N–C) groups is 1. The van der Waals surface area contributed by atoms with Crippen molar-refractivity contribution in [2.24, 2.45) is 4.99 Å². The summed E-state index contributed by atoms with van der Waals surface area (Å²) in [5.41, 5.74) is 4.34. The number of nitriles is 1. The molecule has 138 valence electrons. The van der Waals surface area contributed by atoms with Crippen molar-refractivity contribution in [3.8, 4) is 6.07 Å². The van der Waals surface area contributed by atoms with Gasteiger partial charge in [-0.25, -0.2) is 0 Å². The summed E-state index contributed by atoms with van der Waals surface area (Å²) in [4.78, 5) is 9.29. The quantitative estimate of drug-likeness (QED) is 0.578. The lowest BCUT2D eigenvalue weighted by Gasteiger charge is -2.31. The van der Waals surface area contributed by atoms with Crippen LogP contribution in [0.4, 0.5) is 0 Å². The fourth-order valence-corrected chi connectivity index (χ4v) is 3.94. The standard InChI is InChI=1S/C25H18N4/c26-16-18-6-4-7-20(14-18)24-28-17-25(29-24,21-9-2-1-3-10-21)22-11-12-23-19(15-22)8-5-13-27-23/h1-15H,17H2,(H,28,29). The Morgan fingerprint density at radius 1 is 0.862 bits per heavy atom. The molecule has 29 heavy (non-hydrogen) atoms. The smallest absolute Gasteiger partial charge is 0.129 e. The average Bonchev–Trinajstić information content (AvgIpc) is 3.26. The van der Waals surface area contributed by atoms with Crippen LogP contribution in [0.3, 0.4) is 0 Å². The van der Waals surface area contributed by atoms with E-state index in [1.807, 2.05) is 36.5 Å². The highest BCUT2D eigenvalue weighted by atomic mass is 15.1. The number of benzene rings is 3. The van der Waals surface area contributed by atoms with Crippen LogP contribution in [0.15, 0.2) is 96.1 Å². The van der Waals surface area contributed by atoms with Crippen LogP contribution in [-0.4, -0.2) is 17.4 Å². The van der Waals surface area contributed by atoms with Crippen LogP contribution in [0.2, 0.25) is 0 Å². The second-order valence-electron chi connectivity index (χ2n) is 7.16. The van der Waals surface area contributed by atoms with E-state index in [9.17, 15) is 5.26 Å². The van der Waals surface area contributed by atoms with E-state index in [1.165, 1.54) is 0 Å². The molecular formula is C25H18N4. The fraction of sp³-hybridized carbons (Fsp3) is 0.0800. The van der Waals surface area contributed by atoms with Crippen molar-refractivity contribution >= 4 is 16.7 Å². The summed E-state index contributed by atoms with van der Waals surface area (Å²) in [7, 11) is 0. The number of nitrogens with one attached hydrogen (secondary N) is 1. The lowest BCUT2D eigenvalue weighted by atomic mass is 9.82. The molecule has 4 heteroatoms. The number of pyridine rings is 1. The number of hydrogen-bond donors (Lipinski definition) is 1. The van der Waals surface area contributed by atoms with Crippen molar-refractivity contribution in [3.63, 3.8) is 0 Å². The molecule has 1 aliphatic rings. The van der Waals surface area contributed by atoms with Crippen LogP contribution >= 0.6 is 0 Å². The molecule has 5 rings (SSSR count). The summed E-state index contributed by atoms with van der Waals surface area (Å²) in [5.74, 6) is 0.803. The molecule has 0 fully saturated rings. The SMILES string of the molecule is N#Cc1cccc(C2=NCC(c3ccccc3)(c3ccc4ncccc4c3)N2)c1. The van der Waals surface area contributed by atoms with Crippen molar-refractivity contribution in [1.29, 1.82) is 5.26 Å². The monoisotopic (exact) mass is 374 g/mol. The van der Waals surface area contributed by atoms with E-state index in [1.54, 1.807) is 6.07 Å². The lowest BCUT2D eigenvalue weighted by molar-refractivity contribution is 0.525. The number of fused-ring (bicyclic) bond motifs is 1. The molecule has 2 heterocycles. The van der Waals surface area contributed by atoms with Gasteiger partial charge in [0.2, 0.25) is 0 Å². The van der Waals surface area contributed by atoms with Gasteiger partial charge in [0.1, 0.15) is 11.4 Å². The predicted molar refractivity (Wildman–Crippen MR) is 115 cm³/mol. The van der Waals surface area contributed by atoms with E-state index in [-0.39, 0.29) is 0 Å². The van der Waals surface area contributed by atoms with Crippen LogP contribution in [-0.2, 0) is 5.54 Å². The zero-order valence-corrected chi connectivity index (χ0v) is 15.7. The third-order valence-corrected chi connectivity index (χ3v) is 5.43. The van der Waals surface area contributed by atoms with Crippen LogP contribution < -0.4 is 5.32 Å². The van der Waals surface area contributed by atoms with E-state index in [0.29, 0.717) is 12.1 Å². The molecule has 0 aliphatic carbocycles. The number of rotatable bonds is 3. The van der Waals surface area contributed by atoms with E-state index >= 15 is 0 Å². The Morgan fingerprint density at radius 2 is 1.76 bits per heavy atom. The molecule has 1 atom stereocenters. The van der Waals surface area contributed by atoms with Crippen molar-refractivity contribution in [2.45, 2.75) is 5.54 Å². The lowest BCUT2D eigenvalue weighted by Crippen LogP contribution is -2.44. The second kappa shape index (κ2) is 6.88. The highest BCUT2D eigenvalue weighted by molar-refractivity contribution is 6.01. The molecule has 4 aromatic rings. The van der Waals surface area contributed by atoms with Crippen molar-refractivity contribution in [2.75, 3.05) is 6.54 Å². The Bertz CT molecular complexity index is 1270. The molecule has 3 aromatic carbocycles. The van der Waals surface area contributed by atoms with E-state index < -0.39 is 5.54 Å². The number of nitrogens with zero attached hydrogens (tertiary/aromatic N) is 3. The van der Waals surface area contributed by atoms with Gasteiger partial charge < -0.3 is 5.32 Å². The second-order valence-corrected chi connectivity index (χ2v) is 7.16. The van der Waals surface area contributed by atoms with Crippen molar-refractivity contribution in [3.05, 3.63) is 113 Å². The first-order chi connectivity index (χ1) is 14.3. The van der Waals surface area contributed by atoms with Crippen LogP contribution in [0.25, 0.3) is 10.9 Å². The topological polar surface area (TPSA) is 61.1 Å². The Balaban J connectivity index is 1.62. The van der Waals surface area contributed by atoms with E-state index in [2.05, 4.69) is 64.9 Å². The Hall–Kier alpha value is -3.97. The summed E-state index contributed by atoms with van der Waals surface area (Å²) < 4.78 is 0. The van der Waals surface area contributed by atoms with Gasteiger partial charge in [-0.05, 0) is 41.5 Å². The number of amidine groups is 1. The van der Waals surface area contributed by atoms with E-state index in [0.717, 1.165) is 33.4 Å². The fourth-order valence-electron chi connectivity index (χ4n) is 3.94. The van der Waals surface area contributed by atoms with Gasteiger partial charge in [0.15, 0.2) is 0 Å². The minimum absolute atomic E-state index is 0.469. The zero-order chi connectivity index (χ0) is 19.7. The molecule has 0 amide bonds. The first-order valence-electron chi connectivity index (χ1n) is 9.52. The maximum Gasteiger partial charge on any atom is 0.129 e. The molecule has 1 aromatic heterocycles. The van der Waals surface area contributed by atoms with Crippen LogP contribution in [0, 0.1) is 11.3 Å².